The fourth-order valence-corrected chi connectivity index (χ4v) is 3.32. The second-order valence-electron chi connectivity index (χ2n) is 6.99. The lowest BCUT2D eigenvalue weighted by Crippen LogP contribution is -2.08. The van der Waals surface area contributed by atoms with Gasteiger partial charge in [-0.3, -0.25) is 0 Å². The number of nitrogens with one attached hydrogen (secondary N) is 2. The summed E-state index contributed by atoms with van der Waals surface area (Å²) in [6.07, 6.45) is 10.1. The summed E-state index contributed by atoms with van der Waals surface area (Å²) in [5, 5.41) is 14.7. The van der Waals surface area contributed by atoms with E-state index >= 15 is 0 Å². The van der Waals surface area contributed by atoms with Crippen LogP contribution in [0.2, 0.25) is 0 Å². The maximum absolute atomic E-state index is 5.98. The van der Waals surface area contributed by atoms with Gasteiger partial charge in [0.25, 0.3) is 0 Å². The Kier molecular flexibility index (Phi) is 6.32. The Hall–Kier alpha value is -3.41. The molecule has 0 saturated carbocycles. The quantitative estimate of drug-likeness (QED) is 0.482. The Bertz CT molecular complexity index is 958. The maximum atomic E-state index is 5.98. The molecule has 0 aliphatic heterocycles. The zero-order chi connectivity index (χ0) is 19.7. The van der Waals surface area contributed by atoms with Crippen LogP contribution in [-0.4, -0.2) is 21.7 Å². The maximum Gasteiger partial charge on any atom is 0.249 e. The third-order valence-electron chi connectivity index (χ3n) is 4.80. The molecule has 1 heterocycles. The molecule has 4 rings (SSSR count). The molecule has 0 bridgehead atoms. The molecule has 3 aromatic rings. The predicted molar refractivity (Wildman–Crippen MR) is 116 cm³/mol. The molecular weight excluding hydrogens is 362 g/mol. The molecule has 0 saturated heterocycles. The largest absolute Gasteiger partial charge is 0.455 e. The van der Waals surface area contributed by atoms with E-state index in [0.29, 0.717) is 17.5 Å². The zero-order valence-electron chi connectivity index (χ0n) is 16.3. The highest BCUT2D eigenvalue weighted by atomic mass is 16.5. The molecular formula is C23H25N5O. The molecule has 29 heavy (non-hydrogen) atoms. The van der Waals surface area contributed by atoms with Crippen molar-refractivity contribution >= 4 is 17.5 Å². The molecule has 0 radical (unpaired) electrons. The van der Waals surface area contributed by atoms with Gasteiger partial charge in [-0.15, -0.1) is 5.10 Å². The van der Waals surface area contributed by atoms with Crippen LogP contribution < -0.4 is 15.4 Å². The van der Waals surface area contributed by atoms with E-state index in [1.807, 2.05) is 54.6 Å². The molecule has 6 nitrogen and oxygen atoms in total. The first-order valence-corrected chi connectivity index (χ1v) is 10.1. The summed E-state index contributed by atoms with van der Waals surface area (Å²) >= 11 is 0. The highest BCUT2D eigenvalue weighted by Gasteiger charge is 2.08. The molecule has 0 atom stereocenters. The van der Waals surface area contributed by atoms with Gasteiger partial charge in [0.2, 0.25) is 5.95 Å². The second kappa shape index (κ2) is 9.68. The van der Waals surface area contributed by atoms with Crippen LogP contribution in [0.5, 0.6) is 11.5 Å². The van der Waals surface area contributed by atoms with Gasteiger partial charge < -0.3 is 15.4 Å². The van der Waals surface area contributed by atoms with E-state index in [4.69, 9.17) is 4.74 Å². The Morgan fingerprint density at radius 1 is 0.966 bits per heavy atom. The van der Waals surface area contributed by atoms with E-state index in [2.05, 4.69) is 31.9 Å². The molecule has 0 fully saturated rings. The lowest BCUT2D eigenvalue weighted by atomic mass is 9.97. The van der Waals surface area contributed by atoms with E-state index in [1.165, 1.54) is 31.3 Å². The Labute approximate surface area is 171 Å². The summed E-state index contributed by atoms with van der Waals surface area (Å²) < 4.78 is 5.98. The van der Waals surface area contributed by atoms with Crippen molar-refractivity contribution < 1.29 is 4.74 Å². The average Bonchev–Trinajstić information content (AvgIpc) is 2.77. The average molecular weight is 387 g/mol. The van der Waals surface area contributed by atoms with Gasteiger partial charge in [-0.1, -0.05) is 42.0 Å². The van der Waals surface area contributed by atoms with Crippen LogP contribution in [0.3, 0.4) is 0 Å². The number of hydrogen-bond donors (Lipinski definition) is 2. The van der Waals surface area contributed by atoms with Crippen molar-refractivity contribution in [2.45, 2.75) is 32.1 Å². The topological polar surface area (TPSA) is 72.0 Å². The predicted octanol–water partition coefficient (Wildman–Crippen LogP) is 5.71. The number of hydrogen-bond acceptors (Lipinski definition) is 6. The van der Waals surface area contributed by atoms with Crippen molar-refractivity contribution in [3.8, 4) is 11.5 Å². The number of ether oxygens (including phenoxy) is 1. The first kappa shape index (κ1) is 18.9. The molecule has 1 aliphatic carbocycles. The minimum atomic E-state index is 0.427. The first-order chi connectivity index (χ1) is 14.4. The molecule has 148 valence electrons. The molecule has 2 aromatic carbocycles. The van der Waals surface area contributed by atoms with Crippen molar-refractivity contribution in [2.24, 2.45) is 0 Å². The second-order valence-corrected chi connectivity index (χ2v) is 6.99. The number of aromatic nitrogens is 3. The van der Waals surface area contributed by atoms with E-state index in [9.17, 15) is 0 Å². The van der Waals surface area contributed by atoms with Crippen molar-refractivity contribution in [2.75, 3.05) is 17.2 Å². The molecule has 0 unspecified atom stereocenters. The fraction of sp³-hybridized carbons (Fsp3) is 0.261. The zero-order valence-corrected chi connectivity index (χ0v) is 16.3. The van der Waals surface area contributed by atoms with Gasteiger partial charge in [-0.25, -0.2) is 0 Å². The monoisotopic (exact) mass is 387 g/mol. The number of benzene rings is 2. The summed E-state index contributed by atoms with van der Waals surface area (Å²) in [6.45, 7) is 0.845. The van der Waals surface area contributed by atoms with Crippen molar-refractivity contribution in [3.63, 3.8) is 0 Å². The third-order valence-corrected chi connectivity index (χ3v) is 4.80. The Morgan fingerprint density at radius 2 is 1.83 bits per heavy atom. The fourth-order valence-electron chi connectivity index (χ4n) is 3.32. The standard InChI is InChI=1S/C23H25N5O/c1-3-9-18(10-4-1)15-16-24-22-17-25-28-23(27-22)26-20-13-7-8-14-21(20)29-19-11-5-2-6-12-19/h2,5-9,11-14,17H,1,3-4,10,15-16H2,(H2,24,26,27,28). The van der Waals surface area contributed by atoms with Gasteiger partial charge in [0.1, 0.15) is 5.75 Å². The van der Waals surface area contributed by atoms with Gasteiger partial charge in [-0.05, 0) is 56.4 Å². The van der Waals surface area contributed by atoms with Crippen molar-refractivity contribution in [3.05, 3.63) is 72.4 Å². The Morgan fingerprint density at radius 3 is 2.69 bits per heavy atom. The molecule has 2 N–H and O–H groups in total. The van der Waals surface area contributed by atoms with Gasteiger partial charge in [-0.2, -0.15) is 10.1 Å². The van der Waals surface area contributed by atoms with Gasteiger partial charge in [0, 0.05) is 6.54 Å². The van der Waals surface area contributed by atoms with E-state index in [1.54, 1.807) is 6.20 Å². The summed E-state index contributed by atoms with van der Waals surface area (Å²) in [7, 11) is 0. The number of para-hydroxylation sites is 3. The highest BCUT2D eigenvalue weighted by molar-refractivity contribution is 5.63. The van der Waals surface area contributed by atoms with E-state index in [-0.39, 0.29) is 0 Å². The number of allylic oxidation sites excluding steroid dienone is 1. The summed E-state index contributed by atoms with van der Waals surface area (Å²) in [4.78, 5) is 4.53. The summed E-state index contributed by atoms with van der Waals surface area (Å²) in [6, 6.07) is 17.4. The van der Waals surface area contributed by atoms with Gasteiger partial charge >= 0.3 is 0 Å². The minimum absolute atomic E-state index is 0.427. The van der Waals surface area contributed by atoms with E-state index < -0.39 is 0 Å². The molecule has 6 heteroatoms. The summed E-state index contributed by atoms with van der Waals surface area (Å²) in [5.41, 5.74) is 2.32. The summed E-state index contributed by atoms with van der Waals surface area (Å²) in [5.74, 6) is 2.61. The third kappa shape index (κ3) is 5.54. The van der Waals surface area contributed by atoms with Crippen molar-refractivity contribution in [1.29, 1.82) is 0 Å². The normalized spacial score (nSPS) is 13.4. The molecule has 1 aromatic heterocycles. The number of anilines is 3. The lowest BCUT2D eigenvalue weighted by Gasteiger charge is -2.14. The van der Waals surface area contributed by atoms with Gasteiger partial charge in [0.15, 0.2) is 11.6 Å². The molecule has 0 spiro atoms. The van der Waals surface area contributed by atoms with Crippen LogP contribution in [0, 0.1) is 0 Å². The molecule has 0 amide bonds. The van der Waals surface area contributed by atoms with Crippen LogP contribution in [0.15, 0.2) is 72.4 Å². The SMILES string of the molecule is C1=C(CCNc2cnnc(Nc3ccccc3Oc3ccccc3)n2)CCCC1. The first-order valence-electron chi connectivity index (χ1n) is 10.1. The number of rotatable bonds is 8. The lowest BCUT2D eigenvalue weighted by molar-refractivity contribution is 0.485. The van der Waals surface area contributed by atoms with Crippen LogP contribution in [0.1, 0.15) is 32.1 Å². The minimum Gasteiger partial charge on any atom is -0.455 e. The van der Waals surface area contributed by atoms with E-state index in [0.717, 1.165) is 24.4 Å². The highest BCUT2D eigenvalue weighted by Crippen LogP contribution is 2.30. The molecule has 1 aliphatic rings. The van der Waals surface area contributed by atoms with Crippen LogP contribution >= 0.6 is 0 Å². The van der Waals surface area contributed by atoms with Gasteiger partial charge in [0.05, 0.1) is 11.9 Å². The smallest absolute Gasteiger partial charge is 0.249 e. The van der Waals surface area contributed by atoms with Crippen LogP contribution in [-0.2, 0) is 0 Å². The van der Waals surface area contributed by atoms with Crippen LogP contribution in [0.25, 0.3) is 0 Å². The Balaban J connectivity index is 1.39. The van der Waals surface area contributed by atoms with Crippen molar-refractivity contribution in [1.82, 2.24) is 15.2 Å². The number of nitrogens with zero attached hydrogens (tertiary/aromatic N) is 3. The van der Waals surface area contributed by atoms with Crippen LogP contribution in [0.4, 0.5) is 17.5 Å².